The highest BCUT2D eigenvalue weighted by molar-refractivity contribution is 6.33. The van der Waals surface area contributed by atoms with Gasteiger partial charge in [0.25, 0.3) is 5.91 Å². The molecule has 1 amide bonds. The molecule has 3 aromatic carbocycles. The van der Waals surface area contributed by atoms with Crippen molar-refractivity contribution in [3.63, 3.8) is 0 Å². The fraction of sp³-hybridized carbons (Fsp3) is 0.182. The van der Waals surface area contributed by atoms with Crippen LogP contribution in [0.1, 0.15) is 23.7 Å². The third kappa shape index (κ3) is 4.43. The van der Waals surface area contributed by atoms with Crippen molar-refractivity contribution < 1.29 is 19.1 Å². The number of halogens is 1. The summed E-state index contributed by atoms with van der Waals surface area (Å²) in [4.78, 5) is 24.4. The molecule has 28 heavy (non-hydrogen) atoms. The summed E-state index contributed by atoms with van der Waals surface area (Å²) in [5, 5.41) is 5.16. The summed E-state index contributed by atoms with van der Waals surface area (Å²) in [5.74, 6) is -0.263. The number of fused-ring (bicyclic) bond motifs is 1. The van der Waals surface area contributed by atoms with Gasteiger partial charge in [0, 0.05) is 5.69 Å². The van der Waals surface area contributed by atoms with Crippen LogP contribution in [0.2, 0.25) is 5.02 Å². The van der Waals surface area contributed by atoms with E-state index in [2.05, 4.69) is 5.32 Å². The van der Waals surface area contributed by atoms with Crippen LogP contribution in [0.15, 0.2) is 60.7 Å². The fourth-order valence-electron chi connectivity index (χ4n) is 2.82. The number of rotatable bonds is 6. The second-order valence-corrected chi connectivity index (χ2v) is 6.61. The van der Waals surface area contributed by atoms with Crippen molar-refractivity contribution in [3.05, 3.63) is 71.2 Å². The van der Waals surface area contributed by atoms with Gasteiger partial charge in [-0.1, -0.05) is 48.9 Å². The first-order chi connectivity index (χ1) is 13.5. The summed E-state index contributed by atoms with van der Waals surface area (Å²) < 4.78 is 10.6. The quantitative estimate of drug-likeness (QED) is 0.589. The average Bonchev–Trinajstić information content (AvgIpc) is 2.72. The van der Waals surface area contributed by atoms with Crippen LogP contribution in [0.25, 0.3) is 10.8 Å². The number of anilines is 1. The molecule has 0 aromatic heterocycles. The maximum absolute atomic E-state index is 12.7. The van der Waals surface area contributed by atoms with Gasteiger partial charge in [0.1, 0.15) is 5.75 Å². The van der Waals surface area contributed by atoms with Crippen molar-refractivity contribution in [2.75, 3.05) is 12.4 Å². The third-order valence-electron chi connectivity index (χ3n) is 4.30. The second kappa shape index (κ2) is 8.76. The highest BCUT2D eigenvalue weighted by Gasteiger charge is 2.20. The number of amides is 1. The van der Waals surface area contributed by atoms with E-state index in [1.807, 2.05) is 49.4 Å². The lowest BCUT2D eigenvalue weighted by Gasteiger charge is -2.18. The molecule has 6 heteroatoms. The van der Waals surface area contributed by atoms with E-state index in [9.17, 15) is 9.59 Å². The Bertz CT molecular complexity index is 1020. The Labute approximate surface area is 168 Å². The SMILES string of the molecule is CCC(Oc1ccc2ccccc2c1)C(=O)Nc1ccc(Cl)c(C(=O)OC)c1. The minimum atomic E-state index is -0.682. The minimum Gasteiger partial charge on any atom is -0.481 e. The Balaban J connectivity index is 1.75. The Hall–Kier alpha value is -3.05. The summed E-state index contributed by atoms with van der Waals surface area (Å²) >= 11 is 6.01. The molecule has 0 radical (unpaired) electrons. The molecule has 5 nitrogen and oxygen atoms in total. The van der Waals surface area contributed by atoms with Gasteiger partial charge in [0.2, 0.25) is 0 Å². The number of ether oxygens (including phenoxy) is 2. The van der Waals surface area contributed by atoms with E-state index in [0.717, 1.165) is 10.8 Å². The van der Waals surface area contributed by atoms with E-state index < -0.39 is 12.1 Å². The lowest BCUT2D eigenvalue weighted by atomic mass is 10.1. The van der Waals surface area contributed by atoms with Gasteiger partial charge in [-0.15, -0.1) is 0 Å². The number of esters is 1. The van der Waals surface area contributed by atoms with Crippen LogP contribution in [0.5, 0.6) is 5.75 Å². The molecule has 0 bridgehead atoms. The summed E-state index contributed by atoms with van der Waals surface area (Å²) in [6.45, 7) is 1.87. The van der Waals surface area contributed by atoms with Crippen molar-refractivity contribution in [1.29, 1.82) is 0 Å². The van der Waals surface area contributed by atoms with E-state index >= 15 is 0 Å². The first-order valence-corrected chi connectivity index (χ1v) is 9.23. The maximum atomic E-state index is 12.7. The molecule has 0 heterocycles. The number of hydrogen-bond donors (Lipinski definition) is 1. The molecule has 3 aromatic rings. The summed E-state index contributed by atoms with van der Waals surface area (Å²) in [6.07, 6.45) is -0.200. The van der Waals surface area contributed by atoms with Crippen molar-refractivity contribution in [1.82, 2.24) is 0 Å². The van der Waals surface area contributed by atoms with E-state index in [0.29, 0.717) is 17.9 Å². The van der Waals surface area contributed by atoms with Gasteiger partial charge in [-0.3, -0.25) is 4.79 Å². The van der Waals surface area contributed by atoms with E-state index in [4.69, 9.17) is 21.1 Å². The molecule has 0 saturated carbocycles. The number of nitrogens with one attached hydrogen (secondary N) is 1. The van der Waals surface area contributed by atoms with Crippen LogP contribution in [0.3, 0.4) is 0 Å². The third-order valence-corrected chi connectivity index (χ3v) is 4.63. The molecule has 144 valence electrons. The maximum Gasteiger partial charge on any atom is 0.339 e. The summed E-state index contributed by atoms with van der Waals surface area (Å²) in [6, 6.07) is 18.3. The molecule has 0 fully saturated rings. The van der Waals surface area contributed by atoms with Gasteiger partial charge in [-0.05, 0) is 47.5 Å². The first-order valence-electron chi connectivity index (χ1n) is 8.86. The number of carbonyl (C=O) groups excluding carboxylic acids is 2. The predicted octanol–water partition coefficient (Wildman–Crippen LogP) is 5.08. The smallest absolute Gasteiger partial charge is 0.339 e. The molecule has 0 aliphatic rings. The first kappa shape index (κ1) is 19.7. The van der Waals surface area contributed by atoms with Gasteiger partial charge in [0.05, 0.1) is 17.7 Å². The van der Waals surface area contributed by atoms with Crippen molar-refractivity contribution in [2.24, 2.45) is 0 Å². The van der Waals surface area contributed by atoms with Crippen LogP contribution in [0, 0.1) is 0 Å². The van der Waals surface area contributed by atoms with Gasteiger partial charge in [-0.25, -0.2) is 4.79 Å². The molecule has 0 aliphatic heterocycles. The standard InChI is InChI=1S/C22H20ClNO4/c1-3-20(28-17-10-8-14-6-4-5-7-15(14)12-17)21(25)24-16-9-11-19(23)18(13-16)22(26)27-2/h4-13,20H,3H2,1-2H3,(H,24,25). The molecule has 0 spiro atoms. The second-order valence-electron chi connectivity index (χ2n) is 6.20. The number of hydrogen-bond acceptors (Lipinski definition) is 4. The average molecular weight is 398 g/mol. The monoisotopic (exact) mass is 397 g/mol. The molecule has 0 saturated heterocycles. The van der Waals surface area contributed by atoms with Crippen molar-refractivity contribution >= 4 is 39.9 Å². The Morgan fingerprint density at radius 3 is 2.50 bits per heavy atom. The van der Waals surface area contributed by atoms with Gasteiger partial charge in [0.15, 0.2) is 6.10 Å². The van der Waals surface area contributed by atoms with E-state index in [-0.39, 0.29) is 16.5 Å². The normalized spacial score (nSPS) is 11.7. The predicted molar refractivity (Wildman–Crippen MR) is 110 cm³/mol. The minimum absolute atomic E-state index is 0.186. The van der Waals surface area contributed by atoms with Crippen LogP contribution in [-0.2, 0) is 9.53 Å². The Morgan fingerprint density at radius 2 is 1.79 bits per heavy atom. The van der Waals surface area contributed by atoms with Crippen LogP contribution >= 0.6 is 11.6 Å². The molecule has 1 N–H and O–H groups in total. The zero-order chi connectivity index (χ0) is 20.1. The topological polar surface area (TPSA) is 64.6 Å². The van der Waals surface area contributed by atoms with Gasteiger partial charge < -0.3 is 14.8 Å². The highest BCUT2D eigenvalue weighted by Crippen LogP contribution is 2.24. The molecular formula is C22H20ClNO4. The molecule has 1 unspecified atom stereocenters. The number of benzene rings is 3. The Morgan fingerprint density at radius 1 is 1.04 bits per heavy atom. The lowest BCUT2D eigenvalue weighted by Crippen LogP contribution is -2.32. The van der Waals surface area contributed by atoms with Crippen LogP contribution in [0.4, 0.5) is 5.69 Å². The zero-order valence-electron chi connectivity index (χ0n) is 15.6. The summed E-state index contributed by atoms with van der Waals surface area (Å²) in [5.41, 5.74) is 0.626. The van der Waals surface area contributed by atoms with Crippen LogP contribution in [-0.4, -0.2) is 25.1 Å². The van der Waals surface area contributed by atoms with Crippen LogP contribution < -0.4 is 10.1 Å². The molecule has 1 atom stereocenters. The fourth-order valence-corrected chi connectivity index (χ4v) is 3.01. The van der Waals surface area contributed by atoms with E-state index in [1.165, 1.54) is 19.2 Å². The van der Waals surface area contributed by atoms with Crippen molar-refractivity contribution in [3.8, 4) is 5.75 Å². The van der Waals surface area contributed by atoms with E-state index in [1.54, 1.807) is 6.07 Å². The van der Waals surface area contributed by atoms with Gasteiger partial charge in [-0.2, -0.15) is 0 Å². The molecular weight excluding hydrogens is 378 g/mol. The molecule has 0 aliphatic carbocycles. The lowest BCUT2D eigenvalue weighted by molar-refractivity contribution is -0.122. The number of carbonyl (C=O) groups is 2. The highest BCUT2D eigenvalue weighted by atomic mass is 35.5. The van der Waals surface area contributed by atoms with Crippen molar-refractivity contribution in [2.45, 2.75) is 19.4 Å². The molecule has 3 rings (SSSR count). The Kier molecular flexibility index (Phi) is 6.16. The largest absolute Gasteiger partial charge is 0.481 e. The summed E-state index contributed by atoms with van der Waals surface area (Å²) in [7, 11) is 1.27. The van der Waals surface area contributed by atoms with Gasteiger partial charge >= 0.3 is 5.97 Å². The zero-order valence-corrected chi connectivity index (χ0v) is 16.3. The number of methoxy groups -OCH3 is 1.